The molecule has 0 unspecified atom stereocenters. The quantitative estimate of drug-likeness (QED) is 0.764. The van der Waals surface area contributed by atoms with Gasteiger partial charge < -0.3 is 9.82 Å². The zero-order valence-corrected chi connectivity index (χ0v) is 8.34. The van der Waals surface area contributed by atoms with E-state index in [-0.39, 0.29) is 0 Å². The van der Waals surface area contributed by atoms with Gasteiger partial charge in [-0.15, -0.1) is 0 Å². The van der Waals surface area contributed by atoms with E-state index in [1.807, 2.05) is 24.4 Å². The minimum absolute atomic E-state index is 0.478. The minimum Gasteiger partial charge on any atom is -0.361 e. The topological polar surface area (TPSA) is 51.0 Å². The summed E-state index contributed by atoms with van der Waals surface area (Å²) in [5, 5.41) is 1.88. The number of nitrogens with one attached hydrogen (secondary N) is 1. The Morgan fingerprint density at radius 1 is 1.43 bits per heavy atom. The van der Waals surface area contributed by atoms with Crippen molar-refractivity contribution in [3.05, 3.63) is 35.0 Å². The monoisotopic (exact) mass is 210 g/mol. The van der Waals surface area contributed by atoms with Crippen molar-refractivity contribution in [1.29, 1.82) is 0 Å². The van der Waals surface area contributed by atoms with Gasteiger partial charge >= 0.3 is 0 Å². The fourth-order valence-electron chi connectivity index (χ4n) is 1.48. The summed E-state index contributed by atoms with van der Waals surface area (Å²) in [6.07, 6.45) is 2.62. The summed E-state index contributed by atoms with van der Waals surface area (Å²) < 4.78 is 0. The summed E-state index contributed by atoms with van der Waals surface area (Å²) in [5.41, 5.74) is 2.13. The van der Waals surface area contributed by atoms with E-state index in [4.69, 9.17) is 17.5 Å². The maximum Gasteiger partial charge on any atom is 0.0720 e. The molecule has 0 saturated heterocycles. The molecule has 0 radical (unpaired) electrons. The van der Waals surface area contributed by atoms with Gasteiger partial charge in [-0.25, -0.2) is 5.90 Å². The molecule has 0 fully saturated rings. The third-order valence-electron chi connectivity index (χ3n) is 2.21. The van der Waals surface area contributed by atoms with Crippen LogP contribution in [0.3, 0.4) is 0 Å². The van der Waals surface area contributed by atoms with Crippen LogP contribution < -0.4 is 5.90 Å². The van der Waals surface area contributed by atoms with Crippen molar-refractivity contribution < 1.29 is 4.84 Å². The molecule has 0 atom stereocenters. The van der Waals surface area contributed by atoms with E-state index >= 15 is 0 Å². The van der Waals surface area contributed by atoms with E-state index in [9.17, 15) is 0 Å². The summed E-state index contributed by atoms with van der Waals surface area (Å²) in [5.74, 6) is 4.97. The third-order valence-corrected chi connectivity index (χ3v) is 2.56. The van der Waals surface area contributed by atoms with Crippen LogP contribution >= 0.6 is 11.6 Å². The highest BCUT2D eigenvalue weighted by molar-refractivity contribution is 6.32. The van der Waals surface area contributed by atoms with Gasteiger partial charge in [-0.1, -0.05) is 11.6 Å². The summed E-state index contributed by atoms with van der Waals surface area (Å²) >= 11 is 6.09. The van der Waals surface area contributed by atoms with Gasteiger partial charge in [0.15, 0.2) is 0 Å². The van der Waals surface area contributed by atoms with Crippen LogP contribution in [-0.4, -0.2) is 11.6 Å². The highest BCUT2D eigenvalue weighted by atomic mass is 35.5. The number of nitrogens with two attached hydrogens (primary N) is 1. The average molecular weight is 211 g/mol. The van der Waals surface area contributed by atoms with Gasteiger partial charge in [0.25, 0.3) is 0 Å². The van der Waals surface area contributed by atoms with E-state index in [0.29, 0.717) is 6.61 Å². The molecule has 74 valence electrons. The maximum absolute atomic E-state index is 6.09. The van der Waals surface area contributed by atoms with Gasteiger partial charge in [-0.2, -0.15) is 0 Å². The molecule has 0 saturated carbocycles. The summed E-state index contributed by atoms with van der Waals surface area (Å²) in [4.78, 5) is 7.66. The van der Waals surface area contributed by atoms with Crippen molar-refractivity contribution in [3.8, 4) is 0 Å². The Hall–Kier alpha value is -1.03. The van der Waals surface area contributed by atoms with Crippen LogP contribution in [0, 0.1) is 0 Å². The van der Waals surface area contributed by atoms with Crippen LogP contribution in [0.5, 0.6) is 0 Å². The van der Waals surface area contributed by atoms with Crippen LogP contribution in [0.15, 0.2) is 24.4 Å². The van der Waals surface area contributed by atoms with Crippen molar-refractivity contribution in [2.24, 2.45) is 5.90 Å². The SMILES string of the molecule is NOCCc1cc2[nH]ccc2cc1Cl. The molecule has 3 nitrogen and oxygen atoms in total. The fourth-order valence-corrected chi connectivity index (χ4v) is 1.74. The summed E-state index contributed by atoms with van der Waals surface area (Å²) in [6.45, 7) is 0.478. The van der Waals surface area contributed by atoms with E-state index in [0.717, 1.165) is 27.9 Å². The van der Waals surface area contributed by atoms with Gasteiger partial charge in [0.05, 0.1) is 6.61 Å². The second-order valence-electron chi connectivity index (χ2n) is 3.13. The molecule has 14 heavy (non-hydrogen) atoms. The fraction of sp³-hybridized carbons (Fsp3) is 0.200. The predicted molar refractivity (Wildman–Crippen MR) is 57.2 cm³/mol. The molecule has 1 aromatic heterocycles. The number of fused-ring (bicyclic) bond motifs is 1. The van der Waals surface area contributed by atoms with Gasteiger partial charge in [-0.3, -0.25) is 0 Å². The van der Waals surface area contributed by atoms with Crippen molar-refractivity contribution in [2.45, 2.75) is 6.42 Å². The van der Waals surface area contributed by atoms with Crippen LogP contribution in [0.1, 0.15) is 5.56 Å². The first-order valence-electron chi connectivity index (χ1n) is 4.38. The molecular weight excluding hydrogens is 200 g/mol. The Labute approximate surface area is 86.8 Å². The van der Waals surface area contributed by atoms with Crippen molar-refractivity contribution in [3.63, 3.8) is 0 Å². The maximum atomic E-state index is 6.09. The lowest BCUT2D eigenvalue weighted by atomic mass is 10.1. The number of hydrogen-bond acceptors (Lipinski definition) is 2. The number of rotatable bonds is 3. The second kappa shape index (κ2) is 4.00. The molecule has 1 heterocycles. The molecule has 4 heteroatoms. The number of aromatic nitrogens is 1. The number of halogens is 1. The normalized spacial score (nSPS) is 11.0. The zero-order valence-electron chi connectivity index (χ0n) is 7.59. The standard InChI is InChI=1S/C10H11ClN2O/c11-9-5-8-1-3-13-10(8)6-7(9)2-4-14-12/h1,3,5-6,13H,2,4,12H2. The molecule has 0 aliphatic heterocycles. The van der Waals surface area contributed by atoms with E-state index < -0.39 is 0 Å². The first-order chi connectivity index (χ1) is 6.81. The van der Waals surface area contributed by atoms with Crippen LogP contribution in [-0.2, 0) is 11.3 Å². The Morgan fingerprint density at radius 2 is 2.29 bits per heavy atom. The van der Waals surface area contributed by atoms with Gasteiger partial charge in [0.1, 0.15) is 0 Å². The van der Waals surface area contributed by atoms with Crippen molar-refractivity contribution >= 4 is 22.5 Å². The Balaban J connectivity index is 2.38. The Morgan fingerprint density at radius 3 is 3.07 bits per heavy atom. The summed E-state index contributed by atoms with van der Waals surface area (Å²) in [7, 11) is 0. The Kier molecular flexibility index (Phi) is 2.72. The minimum atomic E-state index is 0.478. The lowest BCUT2D eigenvalue weighted by Gasteiger charge is -2.03. The molecule has 0 amide bonds. The third kappa shape index (κ3) is 1.75. The van der Waals surface area contributed by atoms with Crippen LogP contribution in [0.2, 0.25) is 5.02 Å². The molecular formula is C10H11ClN2O. The lowest BCUT2D eigenvalue weighted by Crippen LogP contribution is -2.03. The van der Waals surface area contributed by atoms with Gasteiger partial charge in [0.2, 0.25) is 0 Å². The summed E-state index contributed by atoms with van der Waals surface area (Å²) in [6, 6.07) is 5.96. The van der Waals surface area contributed by atoms with E-state index in [1.54, 1.807) is 0 Å². The molecule has 2 aromatic rings. The van der Waals surface area contributed by atoms with Gasteiger partial charge in [-0.05, 0) is 30.2 Å². The highest BCUT2D eigenvalue weighted by Gasteiger charge is 2.03. The highest BCUT2D eigenvalue weighted by Crippen LogP contribution is 2.23. The second-order valence-corrected chi connectivity index (χ2v) is 3.54. The molecule has 1 aromatic carbocycles. The molecule has 3 N–H and O–H groups in total. The van der Waals surface area contributed by atoms with E-state index in [1.165, 1.54) is 0 Å². The molecule has 0 aliphatic rings. The smallest absolute Gasteiger partial charge is 0.0720 e. The molecule has 0 spiro atoms. The number of H-pyrrole nitrogens is 1. The van der Waals surface area contributed by atoms with Crippen molar-refractivity contribution in [2.75, 3.05) is 6.61 Å². The first kappa shape index (κ1) is 9.52. The average Bonchev–Trinajstić information content (AvgIpc) is 2.61. The number of benzene rings is 1. The molecule has 0 bridgehead atoms. The molecule has 2 rings (SSSR count). The molecule has 0 aliphatic carbocycles. The number of hydrogen-bond donors (Lipinski definition) is 2. The zero-order chi connectivity index (χ0) is 9.97. The number of aromatic amines is 1. The first-order valence-corrected chi connectivity index (χ1v) is 4.76. The van der Waals surface area contributed by atoms with Gasteiger partial charge in [0, 0.05) is 22.1 Å². The lowest BCUT2D eigenvalue weighted by molar-refractivity contribution is 0.141. The van der Waals surface area contributed by atoms with Crippen LogP contribution in [0.4, 0.5) is 0 Å². The van der Waals surface area contributed by atoms with Crippen molar-refractivity contribution in [1.82, 2.24) is 4.98 Å². The Bertz CT molecular complexity index is 439. The van der Waals surface area contributed by atoms with Crippen LogP contribution in [0.25, 0.3) is 10.9 Å². The largest absolute Gasteiger partial charge is 0.361 e. The predicted octanol–water partition coefficient (Wildman–Crippen LogP) is 2.25. The van der Waals surface area contributed by atoms with E-state index in [2.05, 4.69) is 9.82 Å².